The zero-order valence-corrected chi connectivity index (χ0v) is 15.3. The Morgan fingerprint density at radius 2 is 1.76 bits per heavy atom. The first-order valence-corrected chi connectivity index (χ1v) is 10.2. The van der Waals surface area contributed by atoms with E-state index in [0.29, 0.717) is 24.8 Å². The second-order valence-electron chi connectivity index (χ2n) is 6.85. The van der Waals surface area contributed by atoms with E-state index < -0.39 is 15.6 Å². The highest BCUT2D eigenvalue weighted by Gasteiger charge is 2.32. The van der Waals surface area contributed by atoms with Crippen molar-refractivity contribution in [3.8, 4) is 0 Å². The van der Waals surface area contributed by atoms with Gasteiger partial charge < -0.3 is 9.80 Å². The van der Waals surface area contributed by atoms with Crippen molar-refractivity contribution < 1.29 is 17.2 Å². The summed E-state index contributed by atoms with van der Waals surface area (Å²) in [6.07, 6.45) is 2.37. The number of nitrogens with zero attached hydrogens (tertiary/aromatic N) is 3. The molecule has 25 heavy (non-hydrogen) atoms. The summed E-state index contributed by atoms with van der Waals surface area (Å²) in [7, 11) is -2.46. The molecule has 0 aliphatic carbocycles. The van der Waals surface area contributed by atoms with E-state index in [0.717, 1.165) is 26.2 Å². The van der Waals surface area contributed by atoms with Crippen LogP contribution in [0, 0.1) is 0 Å². The fourth-order valence-electron chi connectivity index (χ4n) is 3.82. The van der Waals surface area contributed by atoms with Crippen LogP contribution in [0.1, 0.15) is 12.8 Å². The third kappa shape index (κ3) is 3.96. The molecule has 0 spiro atoms. The van der Waals surface area contributed by atoms with Crippen molar-refractivity contribution in [2.45, 2.75) is 29.5 Å². The fourth-order valence-corrected chi connectivity index (χ4v) is 4.77. The molecule has 1 atom stereocenters. The second-order valence-corrected chi connectivity index (χ2v) is 8.74. The summed E-state index contributed by atoms with van der Waals surface area (Å²) < 4.78 is 49.8. The summed E-state index contributed by atoms with van der Waals surface area (Å²) in [4.78, 5) is 6.43. The molecule has 0 saturated carbocycles. The van der Waals surface area contributed by atoms with Crippen LogP contribution in [-0.4, -0.2) is 76.3 Å². The third-order valence-corrected chi connectivity index (χ3v) is 6.60. The van der Waals surface area contributed by atoms with E-state index in [2.05, 4.69) is 16.8 Å². The Balaban J connectivity index is 1.72. The van der Waals surface area contributed by atoms with Gasteiger partial charge in [-0.1, -0.05) is 12.1 Å². The highest BCUT2D eigenvalue weighted by Crippen LogP contribution is 2.30. The van der Waals surface area contributed by atoms with Crippen molar-refractivity contribution in [2.75, 3.05) is 51.2 Å². The molecule has 2 saturated heterocycles. The molecule has 0 bridgehead atoms. The number of rotatable bonds is 4. The zero-order valence-electron chi connectivity index (χ0n) is 14.4. The van der Waals surface area contributed by atoms with E-state index in [1.165, 1.54) is 25.0 Å². The molecule has 1 aromatic carbocycles. The number of hydrogen-bond donors (Lipinski definition) is 0. The molecule has 0 aromatic heterocycles. The van der Waals surface area contributed by atoms with Crippen LogP contribution in [0.5, 0.6) is 0 Å². The number of para-hydroxylation sites is 1. The monoisotopic (exact) mass is 373 g/mol. The van der Waals surface area contributed by atoms with E-state index in [-0.39, 0.29) is 4.90 Å². The topological polar surface area (TPSA) is 43.9 Å². The van der Waals surface area contributed by atoms with E-state index >= 15 is 0 Å². The van der Waals surface area contributed by atoms with Crippen LogP contribution in [0.2, 0.25) is 0 Å². The van der Waals surface area contributed by atoms with Gasteiger partial charge in [-0.25, -0.2) is 8.42 Å². The Labute approximate surface area is 148 Å². The highest BCUT2D eigenvalue weighted by molar-refractivity contribution is 7.91. The molecule has 0 amide bonds. The minimum Gasteiger partial charge on any atom is -0.368 e. The van der Waals surface area contributed by atoms with Gasteiger partial charge >= 0.3 is 5.76 Å². The van der Waals surface area contributed by atoms with Gasteiger partial charge in [0.25, 0.3) is 0 Å². The Bertz CT molecular complexity index is 691. The van der Waals surface area contributed by atoms with Crippen LogP contribution in [0.3, 0.4) is 0 Å². The number of piperidine rings is 1. The molecule has 1 unspecified atom stereocenters. The maximum absolute atomic E-state index is 13.0. The van der Waals surface area contributed by atoms with E-state index in [9.17, 15) is 17.2 Å². The lowest BCUT2D eigenvalue weighted by molar-refractivity contribution is 0.106. The van der Waals surface area contributed by atoms with E-state index in [1.54, 1.807) is 12.1 Å². The molecule has 0 radical (unpaired) electrons. The van der Waals surface area contributed by atoms with Crippen LogP contribution in [0.4, 0.5) is 14.5 Å². The lowest BCUT2D eigenvalue weighted by atomic mass is 10.0. The SMILES string of the molecule is CN1CCCC(N2CCN(c3ccccc3S(=O)(=O)C(F)F)CC2)C1. The average molecular weight is 373 g/mol. The van der Waals surface area contributed by atoms with Crippen molar-refractivity contribution in [3.63, 3.8) is 0 Å². The van der Waals surface area contributed by atoms with Crippen LogP contribution in [0.25, 0.3) is 0 Å². The van der Waals surface area contributed by atoms with Crippen molar-refractivity contribution in [3.05, 3.63) is 24.3 Å². The van der Waals surface area contributed by atoms with Gasteiger partial charge in [0, 0.05) is 38.8 Å². The predicted octanol–water partition coefficient (Wildman–Crippen LogP) is 1.90. The number of likely N-dealkylation sites (tertiary alicyclic amines) is 1. The van der Waals surface area contributed by atoms with Gasteiger partial charge in [-0.3, -0.25) is 4.90 Å². The normalized spacial score (nSPS) is 24.0. The molecule has 0 N–H and O–H groups in total. The van der Waals surface area contributed by atoms with Gasteiger partial charge in [0.2, 0.25) is 9.84 Å². The molecule has 2 fully saturated rings. The van der Waals surface area contributed by atoms with Crippen molar-refractivity contribution in [1.82, 2.24) is 9.80 Å². The Morgan fingerprint density at radius 1 is 1.08 bits per heavy atom. The lowest BCUT2D eigenvalue weighted by Gasteiger charge is -2.43. The minimum absolute atomic E-state index is 0.268. The summed E-state index contributed by atoms with van der Waals surface area (Å²) in [6.45, 7) is 5.13. The van der Waals surface area contributed by atoms with Crippen molar-refractivity contribution >= 4 is 15.5 Å². The smallest absolute Gasteiger partial charge is 0.341 e. The summed E-state index contributed by atoms with van der Waals surface area (Å²) in [5.74, 6) is -3.40. The first-order chi connectivity index (χ1) is 11.9. The molecular weight excluding hydrogens is 348 g/mol. The van der Waals surface area contributed by atoms with Gasteiger partial charge in [0.1, 0.15) is 0 Å². The quantitative estimate of drug-likeness (QED) is 0.807. The standard InChI is InChI=1S/C17H25F2N3O2S/c1-20-8-4-5-14(13-20)21-9-11-22(12-10-21)15-6-2-3-7-16(15)25(23,24)17(18)19/h2-3,6-7,14,17H,4-5,8-13H2,1H3. The Morgan fingerprint density at radius 3 is 2.40 bits per heavy atom. The largest absolute Gasteiger partial charge is 0.368 e. The maximum atomic E-state index is 13.0. The Kier molecular flexibility index (Phi) is 5.60. The first kappa shape index (κ1) is 18.5. The number of hydrogen-bond acceptors (Lipinski definition) is 5. The molecule has 8 heteroatoms. The zero-order chi connectivity index (χ0) is 18.0. The van der Waals surface area contributed by atoms with Crippen molar-refractivity contribution in [2.24, 2.45) is 0 Å². The third-order valence-electron chi connectivity index (χ3n) is 5.18. The molecule has 140 valence electrons. The molecule has 2 heterocycles. The first-order valence-electron chi connectivity index (χ1n) is 8.68. The maximum Gasteiger partial charge on any atom is 0.341 e. The Hall–Kier alpha value is -1.25. The molecule has 2 aliphatic rings. The van der Waals surface area contributed by atoms with Gasteiger partial charge in [0.15, 0.2) is 0 Å². The number of likely N-dealkylation sites (N-methyl/N-ethyl adjacent to an activating group) is 1. The summed E-state index contributed by atoms with van der Waals surface area (Å²) >= 11 is 0. The van der Waals surface area contributed by atoms with Gasteiger partial charge in [0.05, 0.1) is 10.6 Å². The fraction of sp³-hybridized carbons (Fsp3) is 0.647. The summed E-state index contributed by atoms with van der Waals surface area (Å²) in [5.41, 5.74) is 0.392. The number of halogens is 2. The minimum atomic E-state index is -4.59. The second kappa shape index (κ2) is 7.55. The van der Waals surface area contributed by atoms with Crippen molar-refractivity contribution in [1.29, 1.82) is 0 Å². The van der Waals surface area contributed by atoms with Crippen LogP contribution in [-0.2, 0) is 9.84 Å². The molecule has 3 rings (SSSR count). The molecular formula is C17H25F2N3O2S. The summed E-state index contributed by atoms with van der Waals surface area (Å²) in [5, 5.41) is 0. The average Bonchev–Trinajstić information content (AvgIpc) is 2.62. The van der Waals surface area contributed by atoms with E-state index in [4.69, 9.17) is 0 Å². The number of anilines is 1. The highest BCUT2D eigenvalue weighted by atomic mass is 32.2. The lowest BCUT2D eigenvalue weighted by Crippen LogP contribution is -2.54. The van der Waals surface area contributed by atoms with E-state index in [1.807, 2.05) is 4.90 Å². The number of piperazine rings is 1. The number of alkyl halides is 2. The molecule has 2 aliphatic heterocycles. The number of benzene rings is 1. The predicted molar refractivity (Wildman–Crippen MR) is 93.9 cm³/mol. The number of sulfone groups is 1. The van der Waals surface area contributed by atoms with Crippen LogP contribution < -0.4 is 4.90 Å². The van der Waals surface area contributed by atoms with Gasteiger partial charge in [-0.15, -0.1) is 0 Å². The molecule has 1 aromatic rings. The summed E-state index contributed by atoms with van der Waals surface area (Å²) in [6, 6.07) is 6.62. The van der Waals surface area contributed by atoms with Gasteiger partial charge in [-0.05, 0) is 38.6 Å². The van der Waals surface area contributed by atoms with Crippen LogP contribution in [0.15, 0.2) is 29.2 Å². The molecule has 5 nitrogen and oxygen atoms in total. The van der Waals surface area contributed by atoms with Gasteiger partial charge in [-0.2, -0.15) is 8.78 Å². The van der Waals surface area contributed by atoms with Crippen LogP contribution >= 0.6 is 0 Å².